The summed E-state index contributed by atoms with van der Waals surface area (Å²) in [4.78, 5) is 0.0647. The number of benzene rings is 1. The van der Waals surface area contributed by atoms with E-state index in [0.29, 0.717) is 18.2 Å². The Kier molecular flexibility index (Phi) is 4.55. The molecule has 0 amide bonds. The molecule has 114 valence electrons. The molecular weight excluding hydrogens is 286 g/mol. The number of sulfonamides is 1. The number of nitrogens with two attached hydrogens (primary N) is 1. The predicted octanol–water partition coefficient (Wildman–Crippen LogP) is 2.34. The van der Waals surface area contributed by atoms with Crippen LogP contribution >= 0.6 is 0 Å². The van der Waals surface area contributed by atoms with Crippen molar-refractivity contribution in [1.29, 1.82) is 5.26 Å². The van der Waals surface area contributed by atoms with Crippen LogP contribution in [0.5, 0.6) is 0 Å². The molecule has 21 heavy (non-hydrogen) atoms. The molecular formula is C15H21N3O2S. The molecule has 5 nitrogen and oxygen atoms in total. The van der Waals surface area contributed by atoms with E-state index in [-0.39, 0.29) is 16.5 Å². The fourth-order valence-corrected chi connectivity index (χ4v) is 4.06. The van der Waals surface area contributed by atoms with Crippen molar-refractivity contribution < 1.29 is 8.42 Å². The van der Waals surface area contributed by atoms with Crippen LogP contribution in [0.15, 0.2) is 23.1 Å². The molecule has 2 N–H and O–H groups in total. The van der Waals surface area contributed by atoms with Crippen molar-refractivity contribution in [2.45, 2.75) is 44.0 Å². The third-order valence-electron chi connectivity index (χ3n) is 3.59. The standard InChI is InChI=1S/C15H21N3O2S/c1-11(2)7-8-18(14-4-5-14)21(19,20)15-6-3-13(17)9-12(15)10-16/h3,6,9,11,14H,4-5,7-8,17H2,1-2H3. The van der Waals surface area contributed by atoms with Crippen molar-refractivity contribution in [3.8, 4) is 6.07 Å². The second-order valence-electron chi connectivity index (χ2n) is 5.90. The lowest BCUT2D eigenvalue weighted by molar-refractivity contribution is 0.373. The lowest BCUT2D eigenvalue weighted by atomic mass is 10.1. The van der Waals surface area contributed by atoms with Gasteiger partial charge in [0.2, 0.25) is 10.0 Å². The van der Waals surface area contributed by atoms with Crippen molar-refractivity contribution in [3.05, 3.63) is 23.8 Å². The molecule has 0 spiro atoms. The van der Waals surface area contributed by atoms with Gasteiger partial charge in [-0.1, -0.05) is 13.8 Å². The minimum absolute atomic E-state index is 0.0647. The van der Waals surface area contributed by atoms with Gasteiger partial charge in [-0.05, 0) is 43.4 Å². The highest BCUT2D eigenvalue weighted by Crippen LogP contribution is 2.33. The van der Waals surface area contributed by atoms with E-state index in [2.05, 4.69) is 13.8 Å². The zero-order valence-corrected chi connectivity index (χ0v) is 13.2. The molecule has 0 bridgehead atoms. The van der Waals surface area contributed by atoms with Crippen molar-refractivity contribution in [2.24, 2.45) is 5.92 Å². The average Bonchev–Trinajstić information content (AvgIpc) is 3.22. The number of hydrogen-bond donors (Lipinski definition) is 1. The molecule has 1 fully saturated rings. The summed E-state index contributed by atoms with van der Waals surface area (Å²) in [6.07, 6.45) is 2.61. The fraction of sp³-hybridized carbons (Fsp3) is 0.533. The SMILES string of the molecule is CC(C)CCN(C1CC1)S(=O)(=O)c1ccc(N)cc1C#N. The molecule has 0 heterocycles. The third-order valence-corrected chi connectivity index (χ3v) is 5.60. The van der Waals surface area contributed by atoms with Crippen LogP contribution < -0.4 is 5.73 Å². The number of hydrogen-bond acceptors (Lipinski definition) is 4. The van der Waals surface area contributed by atoms with Crippen LogP contribution in [0.1, 0.15) is 38.7 Å². The maximum Gasteiger partial charge on any atom is 0.244 e. The van der Waals surface area contributed by atoms with Crippen molar-refractivity contribution in [1.82, 2.24) is 4.31 Å². The summed E-state index contributed by atoms with van der Waals surface area (Å²) < 4.78 is 27.3. The molecule has 0 atom stereocenters. The molecule has 0 unspecified atom stereocenters. The van der Waals surface area contributed by atoms with Crippen LogP contribution in [0.25, 0.3) is 0 Å². The van der Waals surface area contributed by atoms with Crippen LogP contribution in [0.4, 0.5) is 5.69 Å². The topological polar surface area (TPSA) is 87.2 Å². The Bertz CT molecular complexity index is 658. The first-order valence-electron chi connectivity index (χ1n) is 7.17. The molecule has 0 radical (unpaired) electrons. The third kappa shape index (κ3) is 3.55. The van der Waals surface area contributed by atoms with Gasteiger partial charge in [0, 0.05) is 18.3 Å². The molecule has 1 aliphatic rings. The van der Waals surface area contributed by atoms with Gasteiger partial charge in [0.15, 0.2) is 0 Å². The maximum absolute atomic E-state index is 12.9. The Morgan fingerprint density at radius 3 is 2.62 bits per heavy atom. The van der Waals surface area contributed by atoms with Crippen LogP contribution in [0.2, 0.25) is 0 Å². The number of nitrogens with zero attached hydrogens (tertiary/aromatic N) is 2. The van der Waals surface area contributed by atoms with E-state index in [9.17, 15) is 13.7 Å². The van der Waals surface area contributed by atoms with E-state index < -0.39 is 10.0 Å². The van der Waals surface area contributed by atoms with E-state index in [1.165, 1.54) is 18.2 Å². The Balaban J connectivity index is 2.37. The Hall–Kier alpha value is -1.58. The van der Waals surface area contributed by atoms with Gasteiger partial charge in [-0.3, -0.25) is 0 Å². The van der Waals surface area contributed by atoms with E-state index in [4.69, 9.17) is 5.73 Å². The van der Waals surface area contributed by atoms with Gasteiger partial charge in [-0.15, -0.1) is 0 Å². The molecule has 0 aromatic heterocycles. The molecule has 2 rings (SSSR count). The average molecular weight is 307 g/mol. The number of rotatable bonds is 6. The minimum Gasteiger partial charge on any atom is -0.399 e. The normalized spacial score (nSPS) is 15.4. The highest BCUT2D eigenvalue weighted by Gasteiger charge is 2.38. The highest BCUT2D eigenvalue weighted by atomic mass is 32.2. The quantitative estimate of drug-likeness (QED) is 0.817. The van der Waals surface area contributed by atoms with Gasteiger partial charge in [-0.25, -0.2) is 8.42 Å². The second kappa shape index (κ2) is 6.04. The van der Waals surface area contributed by atoms with Crippen molar-refractivity contribution >= 4 is 15.7 Å². The molecule has 6 heteroatoms. The lowest BCUT2D eigenvalue weighted by Crippen LogP contribution is -2.35. The largest absolute Gasteiger partial charge is 0.399 e. The van der Waals surface area contributed by atoms with Crippen LogP contribution in [-0.2, 0) is 10.0 Å². The molecule has 1 aliphatic carbocycles. The first kappa shape index (κ1) is 15.8. The summed E-state index contributed by atoms with van der Waals surface area (Å²) in [5, 5.41) is 9.17. The summed E-state index contributed by atoms with van der Waals surface area (Å²) in [7, 11) is -3.64. The number of nitrogen functional groups attached to an aromatic ring is 1. The van der Waals surface area contributed by atoms with Gasteiger partial charge < -0.3 is 5.73 Å². The molecule has 0 aliphatic heterocycles. The van der Waals surface area contributed by atoms with Gasteiger partial charge in [0.25, 0.3) is 0 Å². The van der Waals surface area contributed by atoms with Gasteiger partial charge in [0.05, 0.1) is 5.56 Å². The van der Waals surface area contributed by atoms with Crippen LogP contribution in [0, 0.1) is 17.2 Å². The first-order chi connectivity index (χ1) is 9.86. The van der Waals surface area contributed by atoms with Crippen LogP contribution in [0.3, 0.4) is 0 Å². The Morgan fingerprint density at radius 2 is 2.10 bits per heavy atom. The van der Waals surface area contributed by atoms with E-state index >= 15 is 0 Å². The molecule has 1 aromatic rings. The predicted molar refractivity (Wildman–Crippen MR) is 81.9 cm³/mol. The minimum atomic E-state index is -3.64. The van der Waals surface area contributed by atoms with Crippen LogP contribution in [-0.4, -0.2) is 25.3 Å². The fourth-order valence-electron chi connectivity index (χ4n) is 2.23. The smallest absolute Gasteiger partial charge is 0.244 e. The Labute approximate surface area is 126 Å². The van der Waals surface area contributed by atoms with Crippen molar-refractivity contribution in [2.75, 3.05) is 12.3 Å². The summed E-state index contributed by atoms with van der Waals surface area (Å²) in [5.74, 6) is 0.434. The first-order valence-corrected chi connectivity index (χ1v) is 8.61. The van der Waals surface area contributed by atoms with E-state index in [0.717, 1.165) is 19.3 Å². The monoisotopic (exact) mass is 307 g/mol. The zero-order valence-electron chi connectivity index (χ0n) is 12.4. The summed E-state index contributed by atoms with van der Waals surface area (Å²) >= 11 is 0. The highest BCUT2D eigenvalue weighted by molar-refractivity contribution is 7.89. The lowest BCUT2D eigenvalue weighted by Gasteiger charge is -2.23. The summed E-state index contributed by atoms with van der Waals surface area (Å²) in [5.41, 5.74) is 6.14. The van der Waals surface area contributed by atoms with Crippen molar-refractivity contribution in [3.63, 3.8) is 0 Å². The van der Waals surface area contributed by atoms with E-state index in [1.54, 1.807) is 4.31 Å². The van der Waals surface area contributed by atoms with Gasteiger partial charge >= 0.3 is 0 Å². The number of anilines is 1. The Morgan fingerprint density at radius 1 is 1.43 bits per heavy atom. The molecule has 0 saturated heterocycles. The van der Waals surface area contributed by atoms with E-state index in [1.807, 2.05) is 6.07 Å². The second-order valence-corrected chi connectivity index (χ2v) is 7.76. The summed E-state index contributed by atoms with van der Waals surface area (Å²) in [6, 6.07) is 6.40. The van der Waals surface area contributed by atoms with Gasteiger partial charge in [-0.2, -0.15) is 9.57 Å². The maximum atomic E-state index is 12.9. The number of nitriles is 1. The van der Waals surface area contributed by atoms with Gasteiger partial charge in [0.1, 0.15) is 11.0 Å². The molecule has 1 saturated carbocycles. The summed E-state index contributed by atoms with van der Waals surface area (Å²) in [6.45, 7) is 4.64. The zero-order chi connectivity index (χ0) is 15.6. The molecule has 1 aromatic carbocycles.